The van der Waals surface area contributed by atoms with Crippen molar-refractivity contribution in [1.29, 1.82) is 0 Å². The number of nitrogens with two attached hydrogens (primary N) is 1. The predicted octanol–water partition coefficient (Wildman–Crippen LogP) is 3.64. The van der Waals surface area contributed by atoms with Crippen LogP contribution in [-0.4, -0.2) is 52.7 Å². The Balaban J connectivity index is 1.56. The van der Waals surface area contributed by atoms with Gasteiger partial charge in [0, 0.05) is 36.4 Å². The number of anilines is 1. The molecule has 0 spiro atoms. The number of halogens is 2. The van der Waals surface area contributed by atoms with E-state index in [2.05, 4.69) is 5.32 Å². The van der Waals surface area contributed by atoms with E-state index < -0.39 is 30.3 Å². The molecule has 1 aliphatic rings. The van der Waals surface area contributed by atoms with Crippen LogP contribution in [0.5, 0.6) is 0 Å². The minimum Gasteiger partial charge on any atom is -0.465 e. The number of rotatable bonds is 6. The molecule has 7 nitrogen and oxygen atoms in total. The van der Waals surface area contributed by atoms with Crippen molar-refractivity contribution in [2.45, 2.75) is 31.8 Å². The number of piperidine rings is 1. The second-order valence-corrected chi connectivity index (χ2v) is 7.53. The van der Waals surface area contributed by atoms with Gasteiger partial charge in [0.25, 0.3) is 0 Å². The fraction of sp³-hybridized carbons (Fsp3) is 0.364. The Kier molecular flexibility index (Phi) is 7.41. The fourth-order valence-electron chi connectivity index (χ4n) is 3.59. The maximum absolute atomic E-state index is 13.9. The molecule has 9 heteroatoms. The van der Waals surface area contributed by atoms with E-state index in [0.29, 0.717) is 43.4 Å². The number of carbonyl (C=O) groups is 2. The minimum absolute atomic E-state index is 0.0632. The van der Waals surface area contributed by atoms with Gasteiger partial charge in [0.15, 0.2) is 0 Å². The minimum atomic E-state index is -1.48. The van der Waals surface area contributed by atoms with Gasteiger partial charge in [-0.25, -0.2) is 23.3 Å². The number of hydrogen-bond acceptors (Lipinski definition) is 4. The maximum atomic E-state index is 13.9. The largest absolute Gasteiger partial charge is 0.465 e. The normalized spacial score (nSPS) is 14.4. The van der Waals surface area contributed by atoms with E-state index in [1.807, 2.05) is 24.3 Å². The van der Waals surface area contributed by atoms with Crippen molar-refractivity contribution in [3.63, 3.8) is 0 Å². The number of hydrogen-bond donors (Lipinski definition) is 3. The van der Waals surface area contributed by atoms with Gasteiger partial charge in [-0.1, -0.05) is 18.2 Å². The highest BCUT2D eigenvalue weighted by molar-refractivity contribution is 5.90. The summed E-state index contributed by atoms with van der Waals surface area (Å²) in [5.41, 5.74) is 7.64. The molecule has 4 N–H and O–H groups in total. The van der Waals surface area contributed by atoms with Crippen LogP contribution in [0.15, 0.2) is 42.5 Å². The maximum Gasteiger partial charge on any atom is 0.415 e. The molecule has 0 aromatic heterocycles. The Morgan fingerprint density at radius 2 is 1.81 bits per heavy atom. The van der Waals surface area contributed by atoms with E-state index in [0.717, 1.165) is 24.2 Å². The summed E-state index contributed by atoms with van der Waals surface area (Å²) in [7, 11) is 0. The quantitative estimate of drug-likeness (QED) is 0.647. The summed E-state index contributed by atoms with van der Waals surface area (Å²) < 4.78 is 27.0. The van der Waals surface area contributed by atoms with Crippen LogP contribution in [0.4, 0.5) is 24.1 Å². The number of imide groups is 1. The first kappa shape index (κ1) is 22.5. The zero-order chi connectivity index (χ0) is 22.4. The van der Waals surface area contributed by atoms with Crippen molar-refractivity contribution in [2.75, 3.05) is 25.0 Å². The molecule has 0 unspecified atom stereocenters. The predicted molar refractivity (Wildman–Crippen MR) is 113 cm³/mol. The van der Waals surface area contributed by atoms with Gasteiger partial charge in [0.05, 0.1) is 6.54 Å². The molecule has 0 radical (unpaired) electrons. The number of amides is 3. The summed E-state index contributed by atoms with van der Waals surface area (Å²) in [6.07, 6.45) is 0.637. The molecule has 1 aliphatic heterocycles. The van der Waals surface area contributed by atoms with Gasteiger partial charge >= 0.3 is 12.1 Å². The zero-order valence-electron chi connectivity index (χ0n) is 17.1. The smallest absolute Gasteiger partial charge is 0.415 e. The number of nitrogens with one attached hydrogen (secondary N) is 1. The molecule has 0 aliphatic carbocycles. The molecule has 3 rings (SSSR count). The first-order valence-corrected chi connectivity index (χ1v) is 10.2. The van der Waals surface area contributed by atoms with Gasteiger partial charge in [-0.2, -0.15) is 0 Å². The molecule has 2 aromatic carbocycles. The van der Waals surface area contributed by atoms with E-state index >= 15 is 0 Å². The first-order valence-electron chi connectivity index (χ1n) is 10.2. The van der Waals surface area contributed by atoms with Crippen molar-refractivity contribution in [3.8, 4) is 0 Å². The van der Waals surface area contributed by atoms with Crippen molar-refractivity contribution in [2.24, 2.45) is 5.73 Å². The third-order valence-electron chi connectivity index (χ3n) is 5.33. The van der Waals surface area contributed by atoms with Crippen LogP contribution in [-0.2, 0) is 13.0 Å². The molecule has 2 aromatic rings. The molecule has 0 atom stereocenters. The monoisotopic (exact) mass is 432 g/mol. The van der Waals surface area contributed by atoms with Gasteiger partial charge in [-0.05, 0) is 49.6 Å². The molecule has 0 saturated carbocycles. The van der Waals surface area contributed by atoms with Crippen LogP contribution in [0.1, 0.15) is 24.0 Å². The highest BCUT2D eigenvalue weighted by Gasteiger charge is 2.30. The summed E-state index contributed by atoms with van der Waals surface area (Å²) >= 11 is 0. The van der Waals surface area contributed by atoms with E-state index in [4.69, 9.17) is 5.73 Å². The first-order chi connectivity index (χ1) is 14.9. The lowest BCUT2D eigenvalue weighted by atomic mass is 10.0. The fourth-order valence-corrected chi connectivity index (χ4v) is 3.59. The van der Waals surface area contributed by atoms with E-state index in [1.54, 1.807) is 0 Å². The van der Waals surface area contributed by atoms with Crippen LogP contribution >= 0.6 is 0 Å². The Morgan fingerprint density at radius 1 is 1.13 bits per heavy atom. The molecule has 1 fully saturated rings. The van der Waals surface area contributed by atoms with Crippen LogP contribution in [0.25, 0.3) is 0 Å². The van der Waals surface area contributed by atoms with Crippen molar-refractivity contribution in [3.05, 3.63) is 65.2 Å². The third-order valence-corrected chi connectivity index (χ3v) is 5.33. The molecule has 31 heavy (non-hydrogen) atoms. The lowest BCUT2D eigenvalue weighted by Crippen LogP contribution is -2.49. The summed E-state index contributed by atoms with van der Waals surface area (Å²) in [5.74, 6) is -1.66. The van der Waals surface area contributed by atoms with Gasteiger partial charge in [0.2, 0.25) is 0 Å². The molecular formula is C22H26F2N4O3. The third kappa shape index (κ3) is 5.91. The van der Waals surface area contributed by atoms with Crippen LogP contribution < -0.4 is 11.1 Å². The topological polar surface area (TPSA) is 98.9 Å². The van der Waals surface area contributed by atoms with Crippen molar-refractivity contribution >= 4 is 17.8 Å². The van der Waals surface area contributed by atoms with E-state index in [-0.39, 0.29) is 11.6 Å². The molecule has 0 bridgehead atoms. The summed E-state index contributed by atoms with van der Waals surface area (Å²) in [5, 5.41) is 12.9. The van der Waals surface area contributed by atoms with Crippen LogP contribution in [0.2, 0.25) is 0 Å². The molecule has 166 valence electrons. The van der Waals surface area contributed by atoms with Gasteiger partial charge in [-0.3, -0.25) is 0 Å². The highest BCUT2D eigenvalue weighted by atomic mass is 19.1. The number of nitrogens with zero attached hydrogens (tertiary/aromatic N) is 2. The summed E-state index contributed by atoms with van der Waals surface area (Å²) in [6.45, 7) is 0.864. The van der Waals surface area contributed by atoms with Gasteiger partial charge in [-0.15, -0.1) is 0 Å². The average molecular weight is 432 g/mol. The lowest BCUT2D eigenvalue weighted by molar-refractivity contribution is 0.119. The van der Waals surface area contributed by atoms with Crippen LogP contribution in [0, 0.1) is 11.6 Å². The van der Waals surface area contributed by atoms with E-state index in [1.165, 1.54) is 10.5 Å². The van der Waals surface area contributed by atoms with Crippen molar-refractivity contribution in [1.82, 2.24) is 9.80 Å². The number of urea groups is 1. The zero-order valence-corrected chi connectivity index (χ0v) is 17.1. The number of carboxylic acid groups (broad SMARTS) is 1. The SMILES string of the molecule is NCCc1ccc(NC2CCN(C(=O)N(Cc3ccc(F)cc3F)C(=O)O)CC2)cc1. The van der Waals surface area contributed by atoms with E-state index in [9.17, 15) is 23.5 Å². The Bertz CT molecular complexity index is 915. The lowest BCUT2D eigenvalue weighted by Gasteiger charge is -2.35. The summed E-state index contributed by atoms with van der Waals surface area (Å²) in [4.78, 5) is 26.3. The second-order valence-electron chi connectivity index (χ2n) is 7.53. The molecular weight excluding hydrogens is 406 g/mol. The number of likely N-dealkylation sites (tertiary alicyclic amines) is 1. The summed E-state index contributed by atoms with van der Waals surface area (Å²) in [6, 6.07) is 10.3. The average Bonchev–Trinajstić information content (AvgIpc) is 2.75. The Hall–Kier alpha value is -3.20. The highest BCUT2D eigenvalue weighted by Crippen LogP contribution is 2.20. The second kappa shape index (κ2) is 10.2. The number of benzene rings is 2. The van der Waals surface area contributed by atoms with Gasteiger partial charge in [0.1, 0.15) is 11.6 Å². The Labute approximate surface area is 179 Å². The van der Waals surface area contributed by atoms with Gasteiger partial charge < -0.3 is 21.1 Å². The molecule has 3 amide bonds. The number of carbonyl (C=O) groups excluding carboxylic acids is 1. The standard InChI is InChI=1S/C22H26F2N4O3/c23-17-4-3-16(20(24)13-17)14-28(22(30)31)21(29)27-11-8-19(9-12-27)26-18-5-1-15(2-6-18)7-10-25/h1-6,13,19,26H,7-12,14,25H2,(H,30,31). The Morgan fingerprint density at radius 3 is 2.39 bits per heavy atom. The molecule has 1 saturated heterocycles. The van der Waals surface area contributed by atoms with Crippen LogP contribution in [0.3, 0.4) is 0 Å². The van der Waals surface area contributed by atoms with Crippen molar-refractivity contribution < 1.29 is 23.5 Å². The molecule has 1 heterocycles.